The summed E-state index contributed by atoms with van der Waals surface area (Å²) < 4.78 is 9.51. The lowest BCUT2D eigenvalue weighted by Gasteiger charge is -2.06. The Morgan fingerprint density at radius 3 is 2.65 bits per heavy atom. The van der Waals surface area contributed by atoms with E-state index >= 15 is 0 Å². The number of rotatable bonds is 4. The fourth-order valence-corrected chi connectivity index (χ4v) is 2.03. The van der Waals surface area contributed by atoms with Gasteiger partial charge < -0.3 is 14.0 Å². The molecule has 0 saturated heterocycles. The first-order valence-electron chi connectivity index (χ1n) is 5.97. The molecule has 0 heterocycles. The van der Waals surface area contributed by atoms with Crippen molar-refractivity contribution in [1.82, 2.24) is 0 Å². The molecule has 5 heteroatoms. The fourth-order valence-electron chi connectivity index (χ4n) is 1.88. The third-order valence-electron chi connectivity index (χ3n) is 2.92. The Morgan fingerprint density at radius 2 is 1.95 bits per heavy atom. The van der Waals surface area contributed by atoms with Gasteiger partial charge in [0.05, 0.1) is 13.5 Å². The Hall–Kier alpha value is -2.14. The highest BCUT2D eigenvalue weighted by Crippen LogP contribution is 2.32. The smallest absolute Gasteiger partial charge is 0.309 e. The van der Waals surface area contributed by atoms with Gasteiger partial charge in [-0.1, -0.05) is 24.3 Å². The van der Waals surface area contributed by atoms with Gasteiger partial charge in [0, 0.05) is 19.0 Å². The average molecular weight is 291 g/mol. The Kier molecular flexibility index (Phi) is 4.53. The molecule has 0 aliphatic heterocycles. The van der Waals surface area contributed by atoms with Crippen LogP contribution in [0.1, 0.15) is 5.56 Å². The zero-order valence-corrected chi connectivity index (χ0v) is 11.8. The third kappa shape index (κ3) is 3.24. The zero-order chi connectivity index (χ0) is 14.5. The molecule has 2 aromatic rings. The van der Waals surface area contributed by atoms with Crippen LogP contribution in [0.3, 0.4) is 0 Å². The highest BCUT2D eigenvalue weighted by Gasteiger charge is 2.10. The lowest BCUT2D eigenvalue weighted by molar-refractivity contribution is -0.139. The highest BCUT2D eigenvalue weighted by atomic mass is 32.1. The monoisotopic (exact) mass is 291 g/mol. The van der Waals surface area contributed by atoms with Gasteiger partial charge >= 0.3 is 5.97 Å². The summed E-state index contributed by atoms with van der Waals surface area (Å²) in [6.45, 7) is 0. The molecule has 0 radical (unpaired) electrons. The van der Waals surface area contributed by atoms with Crippen LogP contribution in [-0.2, 0) is 16.0 Å². The van der Waals surface area contributed by atoms with Gasteiger partial charge in [-0.3, -0.25) is 4.79 Å². The van der Waals surface area contributed by atoms with Gasteiger partial charge in [0.1, 0.15) is 0 Å². The molecule has 0 unspecified atom stereocenters. The molecule has 20 heavy (non-hydrogen) atoms. The average Bonchev–Trinajstić information content (AvgIpc) is 2.48. The number of esters is 1. The van der Waals surface area contributed by atoms with E-state index in [0.717, 1.165) is 16.7 Å². The van der Waals surface area contributed by atoms with Crippen molar-refractivity contribution in [2.75, 3.05) is 7.11 Å². The van der Waals surface area contributed by atoms with Crippen LogP contribution in [0, 0.1) is 0 Å². The van der Waals surface area contributed by atoms with Crippen molar-refractivity contribution >= 4 is 18.9 Å². The van der Waals surface area contributed by atoms with Gasteiger partial charge in [-0.15, -0.1) is 0 Å². The third-order valence-corrected chi connectivity index (χ3v) is 3.11. The lowest BCUT2D eigenvalue weighted by Crippen LogP contribution is -2.04. The number of benzene rings is 2. The van der Waals surface area contributed by atoms with Crippen molar-refractivity contribution in [3.05, 3.63) is 48.0 Å². The molecule has 2 aromatic carbocycles. The summed E-state index contributed by atoms with van der Waals surface area (Å²) in [4.78, 5) is 11.3. The molecule has 0 atom stereocenters. The Morgan fingerprint density at radius 1 is 1.20 bits per heavy atom. The van der Waals surface area contributed by atoms with Gasteiger partial charge in [-0.05, 0) is 28.8 Å². The molecule has 2 N–H and O–H groups in total. The predicted molar refractivity (Wildman–Crippen MR) is 80.3 cm³/mol. The summed E-state index contributed by atoms with van der Waals surface area (Å²) in [6.07, 6.45) is 0.233. The molecule has 0 aliphatic rings. The van der Waals surface area contributed by atoms with E-state index in [2.05, 4.69) is 17.6 Å². The van der Waals surface area contributed by atoms with Crippen LogP contribution in [0.2, 0.25) is 0 Å². The zero-order valence-electron chi connectivity index (χ0n) is 10.9. The molecule has 104 valence electrons. The number of carbonyl (C=O) groups is 1. The quantitative estimate of drug-likeness (QED) is 0.408. The van der Waals surface area contributed by atoms with Crippen molar-refractivity contribution < 1.29 is 18.8 Å². The number of carbonyl (C=O) groups excluding carboxylic acids is 1. The van der Waals surface area contributed by atoms with Crippen LogP contribution in [-0.4, -0.2) is 18.2 Å². The van der Waals surface area contributed by atoms with Crippen molar-refractivity contribution in [2.45, 2.75) is 6.42 Å². The van der Waals surface area contributed by atoms with E-state index in [1.807, 2.05) is 30.3 Å². The van der Waals surface area contributed by atoms with Gasteiger partial charge in [0.25, 0.3) is 5.75 Å². The minimum atomic E-state index is -0.275. The molecule has 0 spiro atoms. The summed E-state index contributed by atoms with van der Waals surface area (Å²) in [6, 6.07) is 12.8. The summed E-state index contributed by atoms with van der Waals surface area (Å²) >= 11 is 3.74. The Bertz CT molecular complexity index is 625. The number of methoxy groups -OCH3 is 1. The van der Waals surface area contributed by atoms with Gasteiger partial charge in [-0.25, -0.2) is 0 Å². The van der Waals surface area contributed by atoms with E-state index in [9.17, 15) is 4.79 Å². The first-order valence-corrected chi connectivity index (χ1v) is 6.33. The van der Waals surface area contributed by atoms with E-state index in [1.54, 1.807) is 12.1 Å². The summed E-state index contributed by atoms with van der Waals surface area (Å²) in [5.74, 6) is 0.390. The molecule has 0 saturated carbocycles. The van der Waals surface area contributed by atoms with Crippen molar-refractivity contribution in [3.63, 3.8) is 0 Å². The molecule has 0 aliphatic carbocycles. The lowest BCUT2D eigenvalue weighted by atomic mass is 10.0. The van der Waals surface area contributed by atoms with E-state index in [-0.39, 0.29) is 18.1 Å². The van der Waals surface area contributed by atoms with Gasteiger partial charge in [-0.2, -0.15) is 0 Å². The van der Waals surface area contributed by atoms with Crippen LogP contribution >= 0.6 is 12.9 Å². The molecule has 0 aromatic heterocycles. The number of hydrogen-bond acceptors (Lipinski definition) is 4. The molecule has 0 fully saturated rings. The maximum absolute atomic E-state index is 11.3. The topological polar surface area (TPSA) is 58.4 Å². The van der Waals surface area contributed by atoms with Crippen molar-refractivity contribution in [3.8, 4) is 22.6 Å². The molecule has 4 nitrogen and oxygen atoms in total. The van der Waals surface area contributed by atoms with Crippen LogP contribution in [0.25, 0.3) is 11.1 Å². The highest BCUT2D eigenvalue weighted by molar-refractivity contribution is 7.75. The SMILES string of the molecule is COC(=O)Cc1cccc(-c2ccc([OH2+])c(OS)c2)c1. The summed E-state index contributed by atoms with van der Waals surface area (Å²) in [5, 5.41) is 7.65. The van der Waals surface area contributed by atoms with E-state index < -0.39 is 0 Å². The van der Waals surface area contributed by atoms with Gasteiger partial charge in [0.15, 0.2) is 0 Å². The molecule has 0 amide bonds. The van der Waals surface area contributed by atoms with E-state index in [1.165, 1.54) is 7.11 Å². The normalized spacial score (nSPS) is 10.1. The second-order valence-corrected chi connectivity index (χ2v) is 4.44. The standard InChI is InChI=1S/C15H14O4S/c1-18-15(17)8-10-3-2-4-11(7-10)12-5-6-13(16)14(9-12)19-20/h2-7,9,16,20H,8H2,1H3/p+1. The Balaban J connectivity index is 2.33. The van der Waals surface area contributed by atoms with Gasteiger partial charge in [0.2, 0.25) is 5.75 Å². The second-order valence-electron chi connectivity index (χ2n) is 4.26. The van der Waals surface area contributed by atoms with Crippen LogP contribution in [0.15, 0.2) is 42.5 Å². The van der Waals surface area contributed by atoms with Crippen LogP contribution < -0.4 is 4.18 Å². The van der Waals surface area contributed by atoms with Crippen LogP contribution in [0.4, 0.5) is 0 Å². The molecular formula is C15H15O4S+. The van der Waals surface area contributed by atoms with Crippen molar-refractivity contribution in [1.29, 1.82) is 0 Å². The molecule has 0 bridgehead atoms. The predicted octanol–water partition coefficient (Wildman–Crippen LogP) is 2.73. The second kappa shape index (κ2) is 6.34. The summed E-state index contributed by atoms with van der Waals surface area (Å²) in [7, 11) is 1.37. The number of thiol groups is 1. The van der Waals surface area contributed by atoms with E-state index in [4.69, 9.17) is 9.29 Å². The number of hydrogen-bond donors (Lipinski definition) is 1. The Labute approximate surface area is 122 Å². The summed E-state index contributed by atoms with van der Waals surface area (Å²) in [5.41, 5.74) is 2.72. The number of ether oxygens (including phenoxy) is 1. The van der Waals surface area contributed by atoms with E-state index in [0.29, 0.717) is 5.75 Å². The maximum Gasteiger partial charge on any atom is 0.309 e. The largest absolute Gasteiger partial charge is 0.591 e. The fraction of sp³-hybridized carbons (Fsp3) is 0.133. The molecule has 2 rings (SSSR count). The first-order chi connectivity index (χ1) is 9.63. The van der Waals surface area contributed by atoms with Crippen LogP contribution in [0.5, 0.6) is 11.5 Å². The minimum Gasteiger partial charge on any atom is -0.591 e. The minimum absolute atomic E-state index is 0.233. The molecular weight excluding hydrogens is 276 g/mol. The maximum atomic E-state index is 11.3. The first kappa shape index (κ1) is 14.3. The van der Waals surface area contributed by atoms with Crippen molar-refractivity contribution in [2.24, 2.45) is 0 Å².